The summed E-state index contributed by atoms with van der Waals surface area (Å²) in [5.41, 5.74) is 2.15. The highest BCUT2D eigenvalue weighted by Gasteiger charge is 2.16. The molecule has 1 heterocycles. The van der Waals surface area contributed by atoms with Crippen LogP contribution in [0.15, 0.2) is 88.9 Å². The summed E-state index contributed by atoms with van der Waals surface area (Å²) in [5.74, 6) is -0.280. The lowest BCUT2D eigenvalue weighted by Crippen LogP contribution is -2.13. The average molecular weight is 455 g/mol. The summed E-state index contributed by atoms with van der Waals surface area (Å²) in [7, 11) is 0. The predicted molar refractivity (Wildman–Crippen MR) is 121 cm³/mol. The number of benzene rings is 3. The van der Waals surface area contributed by atoms with E-state index in [2.05, 4.69) is 15.4 Å². The molecule has 3 aromatic carbocycles. The molecule has 0 aliphatic rings. The van der Waals surface area contributed by atoms with Crippen molar-refractivity contribution >= 4 is 46.6 Å². The zero-order valence-corrected chi connectivity index (χ0v) is 18.0. The third-order valence-corrected chi connectivity index (χ3v) is 5.79. The van der Waals surface area contributed by atoms with Gasteiger partial charge in [0.1, 0.15) is 0 Å². The van der Waals surface area contributed by atoms with Crippen LogP contribution in [0.1, 0.15) is 15.9 Å². The number of nitrogens with one attached hydrogen (secondary N) is 1. The van der Waals surface area contributed by atoms with E-state index in [9.17, 15) is 4.79 Å². The number of rotatable bonds is 6. The first-order valence-corrected chi connectivity index (χ1v) is 10.6. The van der Waals surface area contributed by atoms with Gasteiger partial charge in [0.15, 0.2) is 5.16 Å². The van der Waals surface area contributed by atoms with Gasteiger partial charge in [-0.25, -0.2) is 4.68 Å². The molecule has 0 bridgehead atoms. The molecule has 0 radical (unpaired) electrons. The second kappa shape index (κ2) is 9.34. The van der Waals surface area contributed by atoms with Gasteiger partial charge in [-0.15, -0.1) is 5.10 Å². The van der Waals surface area contributed by atoms with Crippen molar-refractivity contribution in [3.8, 4) is 0 Å². The first kappa shape index (κ1) is 20.5. The Morgan fingerprint density at radius 2 is 1.63 bits per heavy atom. The highest BCUT2D eigenvalue weighted by Crippen LogP contribution is 2.33. The number of hydrogen-bond donors (Lipinski definition) is 1. The lowest BCUT2D eigenvalue weighted by Gasteiger charge is -2.12. The Balaban J connectivity index is 1.58. The SMILES string of the molecule is O=C(Nc1ccccc1Sc1nc(Cl)nn1Cc1ccccc1)c1ccccc1Cl. The van der Waals surface area contributed by atoms with Crippen LogP contribution in [0.2, 0.25) is 10.3 Å². The van der Waals surface area contributed by atoms with Gasteiger partial charge in [-0.05, 0) is 53.2 Å². The van der Waals surface area contributed by atoms with Gasteiger partial charge in [0.2, 0.25) is 5.28 Å². The van der Waals surface area contributed by atoms with E-state index >= 15 is 0 Å². The lowest BCUT2D eigenvalue weighted by molar-refractivity contribution is 0.102. The van der Waals surface area contributed by atoms with Crippen molar-refractivity contribution in [2.75, 3.05) is 5.32 Å². The molecule has 4 aromatic rings. The number of hydrogen-bond acceptors (Lipinski definition) is 4. The van der Waals surface area contributed by atoms with Gasteiger partial charge in [-0.2, -0.15) is 4.98 Å². The minimum absolute atomic E-state index is 0.172. The summed E-state index contributed by atoms with van der Waals surface area (Å²) < 4.78 is 1.75. The fraction of sp³-hybridized carbons (Fsp3) is 0.0455. The van der Waals surface area contributed by atoms with Crippen molar-refractivity contribution in [1.82, 2.24) is 14.8 Å². The molecule has 0 saturated carbocycles. The highest BCUT2D eigenvalue weighted by molar-refractivity contribution is 7.99. The van der Waals surface area contributed by atoms with Gasteiger partial charge in [0, 0.05) is 4.90 Å². The molecule has 0 saturated heterocycles. The molecule has 5 nitrogen and oxygen atoms in total. The van der Waals surface area contributed by atoms with Gasteiger partial charge in [-0.3, -0.25) is 4.79 Å². The summed E-state index contributed by atoms with van der Waals surface area (Å²) in [5, 5.41) is 8.42. The Labute approximate surface area is 188 Å². The van der Waals surface area contributed by atoms with E-state index in [1.807, 2.05) is 54.6 Å². The maximum atomic E-state index is 12.7. The van der Waals surface area contributed by atoms with E-state index in [0.29, 0.717) is 28.0 Å². The number of carbonyl (C=O) groups is 1. The summed E-state index contributed by atoms with van der Waals surface area (Å²) in [6.07, 6.45) is 0. The molecule has 0 fully saturated rings. The Kier molecular flexibility index (Phi) is 6.38. The van der Waals surface area contributed by atoms with E-state index in [1.54, 1.807) is 28.9 Å². The second-order valence-corrected chi connectivity index (χ2v) is 8.09. The number of carbonyl (C=O) groups excluding carboxylic acids is 1. The standard InChI is InChI=1S/C22H16Cl2N4OS/c23-17-11-5-4-10-16(17)20(29)25-18-12-6-7-13-19(18)30-22-26-21(24)27-28(22)14-15-8-2-1-3-9-15/h1-13H,14H2,(H,25,29). The number of nitrogens with zero attached hydrogens (tertiary/aromatic N) is 3. The quantitative estimate of drug-likeness (QED) is 0.385. The summed E-state index contributed by atoms with van der Waals surface area (Å²) in [4.78, 5) is 17.8. The summed E-state index contributed by atoms with van der Waals surface area (Å²) in [6, 6.07) is 24.4. The molecular weight excluding hydrogens is 439 g/mol. The molecule has 0 aliphatic carbocycles. The third-order valence-electron chi connectivity index (χ3n) is 4.24. The van der Waals surface area contributed by atoms with Crippen LogP contribution in [0.5, 0.6) is 0 Å². The molecule has 0 unspecified atom stereocenters. The number of para-hydroxylation sites is 1. The molecule has 8 heteroatoms. The molecule has 4 rings (SSSR count). The van der Waals surface area contributed by atoms with Crippen molar-refractivity contribution in [2.24, 2.45) is 0 Å². The van der Waals surface area contributed by atoms with Crippen molar-refractivity contribution in [3.05, 3.63) is 100 Å². The van der Waals surface area contributed by atoms with Crippen molar-refractivity contribution in [2.45, 2.75) is 16.6 Å². The van der Waals surface area contributed by atoms with Crippen LogP contribution in [0.3, 0.4) is 0 Å². The van der Waals surface area contributed by atoms with Gasteiger partial charge in [0.05, 0.1) is 22.8 Å². The minimum atomic E-state index is -0.280. The first-order valence-electron chi connectivity index (χ1n) is 9.07. The number of amides is 1. The van der Waals surface area contributed by atoms with E-state index in [0.717, 1.165) is 10.5 Å². The zero-order valence-electron chi connectivity index (χ0n) is 15.6. The molecule has 0 aliphatic heterocycles. The second-order valence-electron chi connectivity index (χ2n) is 6.34. The first-order chi connectivity index (χ1) is 14.6. The smallest absolute Gasteiger partial charge is 0.257 e. The fourth-order valence-electron chi connectivity index (χ4n) is 2.83. The molecule has 1 aromatic heterocycles. The van der Waals surface area contributed by atoms with Gasteiger partial charge in [0.25, 0.3) is 5.91 Å². The Morgan fingerprint density at radius 3 is 2.43 bits per heavy atom. The van der Waals surface area contributed by atoms with Crippen molar-refractivity contribution < 1.29 is 4.79 Å². The normalized spacial score (nSPS) is 10.7. The largest absolute Gasteiger partial charge is 0.321 e. The Bertz CT molecular complexity index is 1180. The molecule has 0 atom stereocenters. The lowest BCUT2D eigenvalue weighted by atomic mass is 10.2. The Hall–Kier alpha value is -2.80. The summed E-state index contributed by atoms with van der Waals surface area (Å²) >= 11 is 13.6. The topological polar surface area (TPSA) is 59.8 Å². The van der Waals surface area contributed by atoms with Crippen molar-refractivity contribution in [1.29, 1.82) is 0 Å². The maximum Gasteiger partial charge on any atom is 0.257 e. The molecular formula is C22H16Cl2N4OS. The van der Waals surface area contributed by atoms with Crippen molar-refractivity contribution in [3.63, 3.8) is 0 Å². The summed E-state index contributed by atoms with van der Waals surface area (Å²) in [6.45, 7) is 0.539. The molecule has 1 N–H and O–H groups in total. The third kappa shape index (κ3) is 4.84. The van der Waals surface area contributed by atoms with Crippen LogP contribution in [0, 0.1) is 0 Å². The number of anilines is 1. The maximum absolute atomic E-state index is 12.7. The van der Waals surface area contributed by atoms with Crippen LogP contribution in [0.25, 0.3) is 0 Å². The van der Waals surface area contributed by atoms with Crippen LogP contribution in [-0.4, -0.2) is 20.7 Å². The van der Waals surface area contributed by atoms with E-state index in [-0.39, 0.29) is 11.2 Å². The average Bonchev–Trinajstić information content (AvgIpc) is 3.09. The van der Waals surface area contributed by atoms with Gasteiger partial charge >= 0.3 is 0 Å². The monoisotopic (exact) mass is 454 g/mol. The van der Waals surface area contributed by atoms with Crippen LogP contribution in [-0.2, 0) is 6.54 Å². The van der Waals surface area contributed by atoms with E-state index < -0.39 is 0 Å². The van der Waals surface area contributed by atoms with E-state index in [4.69, 9.17) is 23.2 Å². The van der Waals surface area contributed by atoms with Crippen LogP contribution in [0.4, 0.5) is 5.69 Å². The zero-order chi connectivity index (χ0) is 20.9. The van der Waals surface area contributed by atoms with E-state index in [1.165, 1.54) is 11.8 Å². The molecule has 30 heavy (non-hydrogen) atoms. The molecule has 1 amide bonds. The van der Waals surface area contributed by atoms with Crippen LogP contribution >= 0.6 is 35.0 Å². The minimum Gasteiger partial charge on any atom is -0.321 e. The number of aromatic nitrogens is 3. The van der Waals surface area contributed by atoms with Gasteiger partial charge in [-0.1, -0.05) is 66.2 Å². The van der Waals surface area contributed by atoms with Gasteiger partial charge < -0.3 is 5.32 Å². The molecule has 0 spiro atoms. The fourth-order valence-corrected chi connectivity index (χ4v) is 4.19. The number of halogens is 2. The predicted octanol–water partition coefficient (Wildman–Crippen LogP) is 6.04. The highest BCUT2D eigenvalue weighted by atomic mass is 35.5. The Morgan fingerprint density at radius 1 is 0.933 bits per heavy atom. The molecule has 150 valence electrons. The van der Waals surface area contributed by atoms with Crippen LogP contribution < -0.4 is 5.32 Å².